The number of carbonyl (C=O) groups is 1. The lowest BCUT2D eigenvalue weighted by molar-refractivity contribution is 0.102. The molecule has 0 radical (unpaired) electrons. The van der Waals surface area contributed by atoms with Gasteiger partial charge in [0.1, 0.15) is 23.6 Å². The second kappa shape index (κ2) is 11.3. The minimum absolute atomic E-state index is 0.195. The molecule has 0 spiro atoms. The zero-order valence-corrected chi connectivity index (χ0v) is 23.6. The van der Waals surface area contributed by atoms with Crippen molar-refractivity contribution in [2.24, 2.45) is 0 Å². The fourth-order valence-corrected chi connectivity index (χ4v) is 5.83. The van der Waals surface area contributed by atoms with Crippen LogP contribution in [0.4, 0.5) is 17.3 Å². The van der Waals surface area contributed by atoms with Crippen LogP contribution in [0.3, 0.4) is 0 Å². The van der Waals surface area contributed by atoms with E-state index in [9.17, 15) is 4.79 Å². The normalized spacial score (nSPS) is 16.6. The van der Waals surface area contributed by atoms with Gasteiger partial charge in [-0.1, -0.05) is 6.07 Å². The number of likely N-dealkylation sites (tertiary alicyclic amines) is 1. The van der Waals surface area contributed by atoms with Crippen LogP contribution in [0, 0.1) is 0 Å². The number of rotatable bonds is 6. The Bertz CT molecular complexity index is 1740. The molecule has 0 saturated carbocycles. The number of hydrogen-bond donors (Lipinski definition) is 4. The van der Waals surface area contributed by atoms with Crippen molar-refractivity contribution in [3.05, 3.63) is 66.9 Å². The van der Waals surface area contributed by atoms with Gasteiger partial charge in [0.15, 0.2) is 0 Å². The van der Waals surface area contributed by atoms with Crippen LogP contribution in [-0.2, 0) is 0 Å². The number of pyridine rings is 2. The molecule has 2 saturated heterocycles. The van der Waals surface area contributed by atoms with Crippen molar-refractivity contribution in [3.8, 4) is 11.1 Å². The first-order chi connectivity index (χ1) is 20.6. The number of benzene rings is 1. The zero-order chi connectivity index (χ0) is 28.5. The predicted molar refractivity (Wildman–Crippen MR) is 166 cm³/mol. The lowest BCUT2D eigenvalue weighted by Gasteiger charge is -2.30. The van der Waals surface area contributed by atoms with Crippen molar-refractivity contribution < 1.29 is 4.79 Å². The quantitative estimate of drug-likeness (QED) is 0.245. The van der Waals surface area contributed by atoms with Crippen molar-refractivity contribution in [1.29, 1.82) is 0 Å². The molecule has 0 unspecified atom stereocenters. The summed E-state index contributed by atoms with van der Waals surface area (Å²) in [5, 5.41) is 11.9. The van der Waals surface area contributed by atoms with Crippen LogP contribution in [0.5, 0.6) is 0 Å². The van der Waals surface area contributed by atoms with Crippen LogP contribution in [0.1, 0.15) is 23.2 Å². The largest absolute Gasteiger partial charge is 0.367 e. The first kappa shape index (κ1) is 26.3. The van der Waals surface area contributed by atoms with Crippen molar-refractivity contribution in [2.75, 3.05) is 61.8 Å². The van der Waals surface area contributed by atoms with E-state index in [1.165, 1.54) is 0 Å². The molecule has 11 heteroatoms. The highest BCUT2D eigenvalue weighted by Gasteiger charge is 2.19. The number of anilines is 3. The van der Waals surface area contributed by atoms with Crippen LogP contribution >= 0.6 is 0 Å². The van der Waals surface area contributed by atoms with Crippen molar-refractivity contribution in [1.82, 2.24) is 35.1 Å². The van der Waals surface area contributed by atoms with Crippen LogP contribution in [0.2, 0.25) is 0 Å². The molecule has 7 rings (SSSR count). The number of H-pyrrole nitrogens is 1. The number of piperazine rings is 1. The third-order valence-corrected chi connectivity index (χ3v) is 8.24. The highest BCUT2D eigenvalue weighted by atomic mass is 16.1. The Labute approximate surface area is 243 Å². The van der Waals surface area contributed by atoms with E-state index >= 15 is 0 Å². The lowest BCUT2D eigenvalue weighted by atomic mass is 10.0. The monoisotopic (exact) mass is 562 g/mol. The number of piperidine rings is 1. The average Bonchev–Trinajstić information content (AvgIpc) is 3.46. The molecule has 2 fully saturated rings. The molecule has 2 aliphatic heterocycles. The molecule has 0 atom stereocenters. The number of hydrogen-bond acceptors (Lipinski definition) is 9. The Hall–Kier alpha value is -4.61. The minimum Gasteiger partial charge on any atom is -0.367 e. The number of nitrogens with one attached hydrogen (secondary N) is 4. The van der Waals surface area contributed by atoms with E-state index in [0.717, 1.165) is 96.8 Å². The topological polar surface area (TPSA) is 127 Å². The molecular weight excluding hydrogens is 528 g/mol. The molecule has 4 N–H and O–H groups in total. The maximum absolute atomic E-state index is 13.2. The van der Waals surface area contributed by atoms with Gasteiger partial charge < -0.3 is 30.7 Å². The summed E-state index contributed by atoms with van der Waals surface area (Å²) in [5.74, 6) is 1.48. The Balaban J connectivity index is 1.15. The maximum atomic E-state index is 13.2. The zero-order valence-electron chi connectivity index (χ0n) is 23.6. The Morgan fingerprint density at radius 3 is 2.67 bits per heavy atom. The molecule has 1 amide bonds. The highest BCUT2D eigenvalue weighted by molar-refractivity contribution is 6.06. The number of aromatic nitrogens is 5. The Kier molecular flexibility index (Phi) is 7.10. The highest BCUT2D eigenvalue weighted by Crippen LogP contribution is 2.33. The third-order valence-electron chi connectivity index (χ3n) is 8.24. The summed E-state index contributed by atoms with van der Waals surface area (Å²) in [5.41, 5.74) is 4.86. The summed E-state index contributed by atoms with van der Waals surface area (Å²) in [6.07, 6.45) is 9.12. The summed E-state index contributed by atoms with van der Waals surface area (Å²) in [6.45, 7) is 5.70. The molecule has 1 aromatic carbocycles. The smallest absolute Gasteiger partial charge is 0.255 e. The summed E-state index contributed by atoms with van der Waals surface area (Å²) in [4.78, 5) is 39.2. The first-order valence-corrected chi connectivity index (χ1v) is 14.5. The van der Waals surface area contributed by atoms with Crippen molar-refractivity contribution in [2.45, 2.75) is 18.9 Å². The van der Waals surface area contributed by atoms with Gasteiger partial charge in [-0.15, -0.1) is 0 Å². The van der Waals surface area contributed by atoms with E-state index in [0.29, 0.717) is 17.3 Å². The Morgan fingerprint density at radius 1 is 0.952 bits per heavy atom. The average molecular weight is 563 g/mol. The molecule has 11 nitrogen and oxygen atoms in total. The third kappa shape index (κ3) is 5.36. The van der Waals surface area contributed by atoms with E-state index in [1.54, 1.807) is 24.8 Å². The summed E-state index contributed by atoms with van der Waals surface area (Å²) in [6, 6.07) is 12.2. The molecule has 0 aliphatic carbocycles. The molecular formula is C31H34N10O. The summed E-state index contributed by atoms with van der Waals surface area (Å²) in [7, 11) is 2.17. The molecule has 5 aromatic rings. The van der Waals surface area contributed by atoms with Gasteiger partial charge in [0.2, 0.25) is 0 Å². The van der Waals surface area contributed by atoms with Crippen molar-refractivity contribution >= 4 is 45.2 Å². The van der Waals surface area contributed by atoms with Gasteiger partial charge in [-0.3, -0.25) is 4.79 Å². The molecule has 4 aromatic heterocycles. The van der Waals surface area contributed by atoms with Gasteiger partial charge in [-0.25, -0.2) is 19.9 Å². The number of nitrogens with zero attached hydrogens (tertiary/aromatic N) is 6. The van der Waals surface area contributed by atoms with Gasteiger partial charge in [0, 0.05) is 66.5 Å². The summed E-state index contributed by atoms with van der Waals surface area (Å²) >= 11 is 0. The van der Waals surface area contributed by atoms with E-state index in [4.69, 9.17) is 0 Å². The van der Waals surface area contributed by atoms with Gasteiger partial charge >= 0.3 is 0 Å². The van der Waals surface area contributed by atoms with Crippen LogP contribution in [0.25, 0.3) is 33.1 Å². The van der Waals surface area contributed by atoms with E-state index in [2.05, 4.69) is 69.9 Å². The SMILES string of the molecule is CN1CCC(Nc2ncnc3ccc(-c4c[nH]c5ncc(NC(=O)c6ccnc(N7CCNCC7)c6)cc45)cc23)CC1. The van der Waals surface area contributed by atoms with Crippen LogP contribution in [0.15, 0.2) is 61.3 Å². The van der Waals surface area contributed by atoms with E-state index in [1.807, 2.05) is 24.4 Å². The number of aromatic amines is 1. The fraction of sp³-hybridized carbons (Fsp3) is 0.323. The molecule has 0 bridgehead atoms. The standard InChI is InChI=1S/C31H34N10O/c1-40-10-5-22(6-11-40)38-30-25-14-20(2-3-27(25)36-19-37-30)26-18-35-29-24(26)16-23(17-34-29)39-31(42)21-4-7-33-28(15-21)41-12-8-32-9-13-41/h2-4,7,14-19,22,32H,5-6,8-13H2,1H3,(H,34,35)(H,39,42)(H,36,37,38). The van der Waals surface area contributed by atoms with Gasteiger partial charge in [0.25, 0.3) is 5.91 Å². The minimum atomic E-state index is -0.195. The second-order valence-electron chi connectivity index (χ2n) is 11.1. The maximum Gasteiger partial charge on any atom is 0.255 e. The molecule has 214 valence electrons. The van der Waals surface area contributed by atoms with E-state index in [-0.39, 0.29) is 5.91 Å². The van der Waals surface area contributed by atoms with Crippen LogP contribution in [-0.4, -0.2) is 88.1 Å². The van der Waals surface area contributed by atoms with Gasteiger partial charge in [-0.2, -0.15) is 0 Å². The van der Waals surface area contributed by atoms with Crippen LogP contribution < -0.4 is 20.9 Å². The molecule has 2 aliphatic rings. The van der Waals surface area contributed by atoms with Crippen molar-refractivity contribution in [3.63, 3.8) is 0 Å². The number of fused-ring (bicyclic) bond motifs is 2. The first-order valence-electron chi connectivity index (χ1n) is 14.5. The lowest BCUT2D eigenvalue weighted by Crippen LogP contribution is -2.43. The van der Waals surface area contributed by atoms with Gasteiger partial charge in [-0.05, 0) is 68.9 Å². The molecule has 6 heterocycles. The predicted octanol–water partition coefficient (Wildman–Crippen LogP) is 3.74. The number of carbonyl (C=O) groups excluding carboxylic acids is 1. The number of amides is 1. The second-order valence-corrected chi connectivity index (χ2v) is 11.1. The van der Waals surface area contributed by atoms with Gasteiger partial charge in [0.05, 0.1) is 17.4 Å². The fourth-order valence-electron chi connectivity index (χ4n) is 5.83. The Morgan fingerprint density at radius 2 is 1.81 bits per heavy atom. The summed E-state index contributed by atoms with van der Waals surface area (Å²) < 4.78 is 0. The van der Waals surface area contributed by atoms with E-state index < -0.39 is 0 Å². The molecule has 42 heavy (non-hydrogen) atoms.